The highest BCUT2D eigenvalue weighted by atomic mass is 32.1. The molecule has 9 aromatic rings. The summed E-state index contributed by atoms with van der Waals surface area (Å²) < 4.78 is 2.57. The van der Waals surface area contributed by atoms with Gasteiger partial charge in [0.2, 0.25) is 0 Å². The molecule has 0 aliphatic heterocycles. The van der Waals surface area contributed by atoms with Crippen LogP contribution in [0, 0.1) is 0 Å². The van der Waals surface area contributed by atoms with Crippen LogP contribution in [0.2, 0.25) is 0 Å². The first-order chi connectivity index (χ1) is 25.5. The Morgan fingerprint density at radius 1 is 0.404 bits per heavy atom. The summed E-state index contributed by atoms with van der Waals surface area (Å²) in [5.41, 5.74) is 12.7. The van der Waals surface area contributed by atoms with E-state index >= 15 is 0 Å². The Labute approximate surface area is 307 Å². The standard InChI is InChI=1S/C48H33N3S/c1-48(2)40-24-10-9-20-36(40)37-22-12-23-39(44(37)48)47-50-45(31-16-7-4-8-17-31)49-46(51-47)34-19-11-18-32(28-34)33-26-27-38-42(29-33)52-41-25-13-21-35(43(38)41)30-14-5-3-6-15-30/h3-29H,1-2H3. The highest BCUT2D eigenvalue weighted by Gasteiger charge is 2.38. The van der Waals surface area contributed by atoms with Crippen molar-refractivity contribution >= 4 is 31.5 Å². The van der Waals surface area contributed by atoms with E-state index in [9.17, 15) is 0 Å². The van der Waals surface area contributed by atoms with Crippen molar-refractivity contribution in [2.24, 2.45) is 0 Å². The second-order valence-electron chi connectivity index (χ2n) is 14.0. The van der Waals surface area contributed by atoms with Crippen molar-refractivity contribution in [1.29, 1.82) is 0 Å². The summed E-state index contributed by atoms with van der Waals surface area (Å²) in [6, 6.07) is 58.3. The summed E-state index contributed by atoms with van der Waals surface area (Å²) in [5, 5.41) is 2.60. The van der Waals surface area contributed by atoms with Crippen molar-refractivity contribution in [1.82, 2.24) is 15.0 Å². The van der Waals surface area contributed by atoms with Gasteiger partial charge in [-0.3, -0.25) is 0 Å². The second-order valence-corrected chi connectivity index (χ2v) is 15.1. The predicted molar refractivity (Wildman–Crippen MR) is 217 cm³/mol. The number of fused-ring (bicyclic) bond motifs is 6. The van der Waals surface area contributed by atoms with Crippen LogP contribution in [0.5, 0.6) is 0 Å². The van der Waals surface area contributed by atoms with Crippen molar-refractivity contribution in [3.8, 4) is 67.5 Å². The molecular formula is C48H33N3S. The van der Waals surface area contributed by atoms with E-state index in [0.717, 1.165) is 22.3 Å². The summed E-state index contributed by atoms with van der Waals surface area (Å²) >= 11 is 1.85. The van der Waals surface area contributed by atoms with Crippen molar-refractivity contribution in [2.45, 2.75) is 19.3 Å². The van der Waals surface area contributed by atoms with Crippen LogP contribution in [0.15, 0.2) is 164 Å². The number of hydrogen-bond acceptors (Lipinski definition) is 4. The zero-order valence-electron chi connectivity index (χ0n) is 28.8. The third-order valence-electron chi connectivity index (χ3n) is 10.5. The zero-order chi connectivity index (χ0) is 34.8. The van der Waals surface area contributed by atoms with E-state index in [1.165, 1.54) is 59.1 Å². The lowest BCUT2D eigenvalue weighted by Gasteiger charge is -2.24. The molecule has 1 aliphatic rings. The van der Waals surface area contributed by atoms with Gasteiger partial charge in [-0.25, -0.2) is 15.0 Å². The largest absolute Gasteiger partial charge is 0.208 e. The van der Waals surface area contributed by atoms with Crippen molar-refractivity contribution in [2.75, 3.05) is 0 Å². The van der Waals surface area contributed by atoms with Gasteiger partial charge in [0, 0.05) is 42.3 Å². The molecule has 0 saturated heterocycles. The summed E-state index contributed by atoms with van der Waals surface area (Å²) in [6.07, 6.45) is 0. The van der Waals surface area contributed by atoms with Gasteiger partial charge in [0.1, 0.15) is 0 Å². The van der Waals surface area contributed by atoms with Crippen LogP contribution in [-0.2, 0) is 5.41 Å². The minimum Gasteiger partial charge on any atom is -0.208 e. The van der Waals surface area contributed by atoms with Gasteiger partial charge < -0.3 is 0 Å². The Kier molecular flexibility index (Phi) is 7.02. The van der Waals surface area contributed by atoms with Crippen molar-refractivity contribution in [3.63, 3.8) is 0 Å². The smallest absolute Gasteiger partial charge is 0.164 e. The van der Waals surface area contributed by atoms with E-state index in [0.29, 0.717) is 17.5 Å². The summed E-state index contributed by atoms with van der Waals surface area (Å²) in [6.45, 7) is 4.61. The first-order valence-electron chi connectivity index (χ1n) is 17.7. The first-order valence-corrected chi connectivity index (χ1v) is 18.5. The van der Waals surface area contributed by atoms with E-state index in [-0.39, 0.29) is 5.41 Å². The number of aromatic nitrogens is 3. The molecule has 10 rings (SSSR count). The quantitative estimate of drug-likeness (QED) is 0.181. The van der Waals surface area contributed by atoms with Crippen LogP contribution < -0.4 is 0 Å². The molecule has 0 bridgehead atoms. The van der Waals surface area contributed by atoms with Gasteiger partial charge >= 0.3 is 0 Å². The Morgan fingerprint density at radius 3 is 1.81 bits per heavy atom. The van der Waals surface area contributed by atoms with Gasteiger partial charge in [-0.05, 0) is 62.7 Å². The molecule has 0 atom stereocenters. The van der Waals surface area contributed by atoms with Crippen LogP contribution in [0.3, 0.4) is 0 Å². The minimum atomic E-state index is -0.199. The Balaban J connectivity index is 1.11. The lowest BCUT2D eigenvalue weighted by atomic mass is 9.80. The van der Waals surface area contributed by atoms with Crippen LogP contribution >= 0.6 is 11.3 Å². The normalized spacial score (nSPS) is 13.0. The number of thiophene rings is 1. The van der Waals surface area contributed by atoms with Crippen LogP contribution in [-0.4, -0.2) is 15.0 Å². The van der Waals surface area contributed by atoms with Crippen molar-refractivity contribution < 1.29 is 0 Å². The highest BCUT2D eigenvalue weighted by molar-refractivity contribution is 7.26. The third-order valence-corrected chi connectivity index (χ3v) is 11.6. The number of hydrogen-bond donors (Lipinski definition) is 0. The Bertz CT molecular complexity index is 2820. The zero-order valence-corrected chi connectivity index (χ0v) is 29.7. The molecule has 0 spiro atoms. The van der Waals surface area contributed by atoms with E-state index in [1.54, 1.807) is 0 Å². The monoisotopic (exact) mass is 683 g/mol. The molecule has 1 aliphatic carbocycles. The summed E-state index contributed by atoms with van der Waals surface area (Å²) in [5.74, 6) is 2.01. The van der Waals surface area contributed by atoms with E-state index < -0.39 is 0 Å². The Morgan fingerprint density at radius 2 is 0.981 bits per heavy atom. The first kappa shape index (κ1) is 30.6. The fourth-order valence-corrected chi connectivity index (χ4v) is 9.25. The lowest BCUT2D eigenvalue weighted by Crippen LogP contribution is -2.17. The average molecular weight is 684 g/mol. The molecule has 0 N–H and O–H groups in total. The molecule has 3 nitrogen and oxygen atoms in total. The molecule has 2 aromatic heterocycles. The molecule has 2 heterocycles. The fraction of sp³-hybridized carbons (Fsp3) is 0.0625. The molecular weight excluding hydrogens is 651 g/mol. The van der Waals surface area contributed by atoms with Crippen LogP contribution in [0.25, 0.3) is 87.7 Å². The minimum absolute atomic E-state index is 0.199. The van der Waals surface area contributed by atoms with Gasteiger partial charge in [-0.15, -0.1) is 11.3 Å². The van der Waals surface area contributed by atoms with Gasteiger partial charge in [-0.2, -0.15) is 0 Å². The van der Waals surface area contributed by atoms with E-state index in [2.05, 4.69) is 159 Å². The maximum absolute atomic E-state index is 5.24. The van der Waals surface area contributed by atoms with Crippen LogP contribution in [0.1, 0.15) is 25.0 Å². The number of benzene rings is 7. The average Bonchev–Trinajstić information content (AvgIpc) is 3.70. The molecule has 0 fully saturated rings. The highest BCUT2D eigenvalue weighted by Crippen LogP contribution is 2.52. The number of nitrogens with zero attached hydrogens (tertiary/aromatic N) is 3. The maximum Gasteiger partial charge on any atom is 0.164 e. The molecule has 7 aromatic carbocycles. The summed E-state index contributed by atoms with van der Waals surface area (Å²) in [4.78, 5) is 15.5. The fourth-order valence-electron chi connectivity index (χ4n) is 8.08. The molecule has 0 amide bonds. The topological polar surface area (TPSA) is 38.7 Å². The van der Waals surface area contributed by atoms with Crippen LogP contribution in [0.4, 0.5) is 0 Å². The van der Waals surface area contributed by atoms with Gasteiger partial charge in [0.25, 0.3) is 0 Å². The van der Waals surface area contributed by atoms with Gasteiger partial charge in [0.05, 0.1) is 0 Å². The van der Waals surface area contributed by atoms with Gasteiger partial charge in [-0.1, -0.05) is 159 Å². The second kappa shape index (κ2) is 11.9. The molecule has 0 saturated carbocycles. The molecule has 0 unspecified atom stereocenters. The molecule has 246 valence electrons. The predicted octanol–water partition coefficient (Wildman–Crippen LogP) is 12.9. The SMILES string of the molecule is CC1(C)c2ccccc2-c2cccc(-c3nc(-c4ccccc4)nc(-c4cccc(-c5ccc6c(c5)sc5cccc(-c7ccccc7)c56)c4)n3)c21. The summed E-state index contributed by atoms with van der Waals surface area (Å²) in [7, 11) is 0. The van der Waals surface area contributed by atoms with E-state index in [1.807, 2.05) is 29.5 Å². The lowest BCUT2D eigenvalue weighted by molar-refractivity contribution is 0.661. The van der Waals surface area contributed by atoms with Crippen molar-refractivity contribution in [3.05, 3.63) is 175 Å². The third kappa shape index (κ3) is 4.90. The maximum atomic E-state index is 5.24. The van der Waals surface area contributed by atoms with Gasteiger partial charge in [0.15, 0.2) is 17.5 Å². The van der Waals surface area contributed by atoms with E-state index in [4.69, 9.17) is 15.0 Å². The molecule has 0 radical (unpaired) electrons. The molecule has 4 heteroatoms. The number of rotatable bonds is 5. The Hall–Kier alpha value is -6.23. The molecule has 52 heavy (non-hydrogen) atoms.